The van der Waals surface area contributed by atoms with E-state index >= 15 is 0 Å². The minimum atomic E-state index is -0.189. The van der Waals surface area contributed by atoms with Gasteiger partial charge in [0.1, 0.15) is 0 Å². The number of aliphatic hydroxyl groups is 1. The summed E-state index contributed by atoms with van der Waals surface area (Å²) in [4.78, 5) is 0. The third kappa shape index (κ3) is 1.28. The van der Waals surface area contributed by atoms with E-state index in [2.05, 4.69) is 0 Å². The van der Waals surface area contributed by atoms with Gasteiger partial charge in [0.15, 0.2) is 0 Å². The minimum Gasteiger partial charge on any atom is -0.501 e. The van der Waals surface area contributed by atoms with Gasteiger partial charge in [0.2, 0.25) is 0 Å². The Morgan fingerprint density at radius 3 is 2.57 bits per heavy atom. The summed E-state index contributed by atoms with van der Waals surface area (Å²) in [6, 6.07) is 0. The molecule has 2 heteroatoms. The quantitative estimate of drug-likeness (QED) is 0.729. The largest absolute Gasteiger partial charge is 0.501 e. The van der Waals surface area contributed by atoms with Crippen molar-refractivity contribution in [3.8, 4) is 0 Å². The van der Waals surface area contributed by atoms with Gasteiger partial charge in [-0.1, -0.05) is 12.8 Å². The molecule has 2 nitrogen and oxygen atoms in total. The van der Waals surface area contributed by atoms with Crippen molar-refractivity contribution in [2.45, 2.75) is 38.2 Å². The van der Waals surface area contributed by atoms with Crippen LogP contribution in [-0.4, -0.2) is 17.8 Å². The van der Waals surface area contributed by atoms with Crippen LogP contribution in [-0.2, 0) is 4.74 Å². The molecule has 2 aliphatic carbocycles. The smallest absolute Gasteiger partial charge is 0.0912 e. The van der Waals surface area contributed by atoms with Crippen LogP contribution in [0.25, 0.3) is 0 Å². The van der Waals surface area contributed by atoms with Gasteiger partial charge in [-0.25, -0.2) is 0 Å². The number of hydrogen-bond acceptors (Lipinski definition) is 2. The van der Waals surface area contributed by atoms with E-state index in [0.717, 1.165) is 30.4 Å². The molecule has 78 valence electrons. The average molecular weight is 194 g/mol. The van der Waals surface area contributed by atoms with E-state index in [4.69, 9.17) is 4.74 Å². The van der Waals surface area contributed by atoms with Gasteiger partial charge in [-0.05, 0) is 36.2 Å². The van der Waals surface area contributed by atoms with Crippen molar-refractivity contribution in [3.05, 3.63) is 11.8 Å². The molecule has 1 N–H and O–H groups in total. The van der Waals surface area contributed by atoms with E-state index in [1.807, 2.05) is 0 Å². The van der Waals surface area contributed by atoms with Gasteiger partial charge in [0, 0.05) is 6.42 Å². The molecule has 3 atom stereocenters. The first-order valence-corrected chi connectivity index (χ1v) is 5.86. The number of hydrogen-bond donors (Lipinski definition) is 1. The Morgan fingerprint density at radius 2 is 2.00 bits per heavy atom. The second kappa shape index (κ2) is 3.27. The molecule has 1 aliphatic heterocycles. The Labute approximate surface area is 85.0 Å². The normalized spacial score (nSPS) is 42.4. The molecule has 0 bridgehead atoms. The lowest BCUT2D eigenvalue weighted by Crippen LogP contribution is -2.14. The van der Waals surface area contributed by atoms with Crippen molar-refractivity contribution in [2.75, 3.05) is 6.61 Å². The second-order valence-corrected chi connectivity index (χ2v) is 4.95. The van der Waals surface area contributed by atoms with Gasteiger partial charge in [-0.3, -0.25) is 0 Å². The predicted molar refractivity (Wildman–Crippen MR) is 53.6 cm³/mol. The van der Waals surface area contributed by atoms with E-state index in [1.165, 1.54) is 25.7 Å². The minimum absolute atomic E-state index is 0.189. The molecule has 2 saturated carbocycles. The van der Waals surface area contributed by atoms with Crippen molar-refractivity contribution in [1.82, 2.24) is 0 Å². The first kappa shape index (κ1) is 8.78. The van der Waals surface area contributed by atoms with E-state index in [9.17, 15) is 5.11 Å². The molecule has 0 aromatic rings. The van der Waals surface area contributed by atoms with Crippen LogP contribution in [0.1, 0.15) is 32.1 Å². The Morgan fingerprint density at radius 1 is 1.29 bits per heavy atom. The monoisotopic (exact) mass is 194 g/mol. The summed E-state index contributed by atoms with van der Waals surface area (Å²) in [5.41, 5.74) is 1.14. The van der Waals surface area contributed by atoms with Gasteiger partial charge in [-0.2, -0.15) is 0 Å². The van der Waals surface area contributed by atoms with Crippen LogP contribution in [0.15, 0.2) is 11.8 Å². The SMILES string of the molecule is OC(C1=COCC1)C1C2CCCCC21. The summed E-state index contributed by atoms with van der Waals surface area (Å²) in [6.07, 6.45) is 7.98. The fraction of sp³-hybridized carbons (Fsp3) is 0.833. The molecule has 2 fully saturated rings. The maximum absolute atomic E-state index is 10.2. The zero-order valence-corrected chi connectivity index (χ0v) is 8.48. The van der Waals surface area contributed by atoms with Crippen LogP contribution < -0.4 is 0 Å². The molecule has 0 saturated heterocycles. The third-order valence-corrected chi connectivity index (χ3v) is 4.21. The van der Waals surface area contributed by atoms with Gasteiger partial charge >= 0.3 is 0 Å². The van der Waals surface area contributed by atoms with Crippen molar-refractivity contribution in [3.63, 3.8) is 0 Å². The molecule has 0 aromatic heterocycles. The van der Waals surface area contributed by atoms with Crippen molar-refractivity contribution in [2.24, 2.45) is 17.8 Å². The number of aliphatic hydroxyl groups excluding tert-OH is 1. The average Bonchev–Trinajstić information content (AvgIpc) is 2.70. The van der Waals surface area contributed by atoms with Gasteiger partial charge in [0.05, 0.1) is 19.0 Å². The summed E-state index contributed by atoms with van der Waals surface area (Å²) in [5.74, 6) is 2.24. The third-order valence-electron chi connectivity index (χ3n) is 4.21. The fourth-order valence-electron chi connectivity index (χ4n) is 3.38. The summed E-state index contributed by atoms with van der Waals surface area (Å²) >= 11 is 0. The molecular formula is C12H18O2. The first-order chi connectivity index (χ1) is 6.88. The number of ether oxygens (including phenoxy) is 1. The highest BCUT2D eigenvalue weighted by Gasteiger charge is 2.54. The van der Waals surface area contributed by atoms with Gasteiger partial charge in [-0.15, -0.1) is 0 Å². The summed E-state index contributed by atoms with van der Waals surface area (Å²) in [7, 11) is 0. The maximum atomic E-state index is 10.2. The topological polar surface area (TPSA) is 29.5 Å². The van der Waals surface area contributed by atoms with Crippen molar-refractivity contribution < 1.29 is 9.84 Å². The molecule has 0 amide bonds. The molecule has 3 unspecified atom stereocenters. The Bertz CT molecular complexity index is 247. The molecule has 3 aliphatic rings. The zero-order valence-electron chi connectivity index (χ0n) is 8.48. The number of rotatable bonds is 2. The molecule has 0 radical (unpaired) electrons. The van der Waals surface area contributed by atoms with E-state index < -0.39 is 0 Å². The summed E-state index contributed by atoms with van der Waals surface area (Å²) in [5, 5.41) is 10.2. The lowest BCUT2D eigenvalue weighted by Gasteiger charge is -2.09. The molecular weight excluding hydrogens is 176 g/mol. The van der Waals surface area contributed by atoms with Crippen LogP contribution in [0.3, 0.4) is 0 Å². The van der Waals surface area contributed by atoms with E-state index in [-0.39, 0.29) is 6.10 Å². The summed E-state index contributed by atoms with van der Waals surface area (Å²) < 4.78 is 5.19. The van der Waals surface area contributed by atoms with Crippen LogP contribution in [0, 0.1) is 17.8 Å². The first-order valence-electron chi connectivity index (χ1n) is 5.86. The Balaban J connectivity index is 1.66. The Kier molecular flexibility index (Phi) is 2.05. The van der Waals surface area contributed by atoms with Gasteiger partial charge in [0.25, 0.3) is 0 Å². The Hall–Kier alpha value is -0.500. The van der Waals surface area contributed by atoms with Crippen LogP contribution in [0.2, 0.25) is 0 Å². The molecule has 0 spiro atoms. The lowest BCUT2D eigenvalue weighted by molar-refractivity contribution is 0.173. The molecule has 14 heavy (non-hydrogen) atoms. The van der Waals surface area contributed by atoms with Gasteiger partial charge < -0.3 is 9.84 Å². The molecule has 1 heterocycles. The fourth-order valence-corrected chi connectivity index (χ4v) is 3.38. The van der Waals surface area contributed by atoms with Crippen LogP contribution in [0.5, 0.6) is 0 Å². The second-order valence-electron chi connectivity index (χ2n) is 4.95. The van der Waals surface area contributed by atoms with E-state index in [0.29, 0.717) is 5.92 Å². The predicted octanol–water partition coefficient (Wildman–Crippen LogP) is 2.09. The van der Waals surface area contributed by atoms with E-state index in [1.54, 1.807) is 6.26 Å². The highest BCUT2D eigenvalue weighted by Crippen LogP contribution is 2.58. The van der Waals surface area contributed by atoms with Crippen LogP contribution in [0.4, 0.5) is 0 Å². The number of fused-ring (bicyclic) bond motifs is 1. The molecule has 0 aromatic carbocycles. The summed E-state index contributed by atoms with van der Waals surface area (Å²) in [6.45, 7) is 0.772. The molecule has 3 rings (SSSR count). The zero-order chi connectivity index (χ0) is 9.54. The highest BCUT2D eigenvalue weighted by atomic mass is 16.5. The highest BCUT2D eigenvalue weighted by molar-refractivity contribution is 5.17. The standard InChI is InChI=1S/C12H18O2/c13-12(8-5-6-14-7-8)11-9-3-1-2-4-10(9)11/h7,9-13H,1-6H2. The lowest BCUT2D eigenvalue weighted by atomic mass is 10.0. The van der Waals surface area contributed by atoms with Crippen molar-refractivity contribution in [1.29, 1.82) is 0 Å². The maximum Gasteiger partial charge on any atom is 0.0912 e. The van der Waals surface area contributed by atoms with Crippen molar-refractivity contribution >= 4 is 0 Å². The van der Waals surface area contributed by atoms with Crippen LogP contribution >= 0.6 is 0 Å².